The minimum Gasteiger partial charge on any atom is -0.491 e. The molecule has 186 valence electrons. The molecular formula is C26H31FN4O3S. The Labute approximate surface area is 208 Å². The lowest BCUT2D eigenvalue weighted by molar-refractivity contribution is -0.00182. The number of hydrogen-bond donors (Lipinski definition) is 1. The summed E-state index contributed by atoms with van der Waals surface area (Å²) in [4.78, 5) is 14.9. The van der Waals surface area contributed by atoms with E-state index >= 15 is 0 Å². The van der Waals surface area contributed by atoms with Crippen molar-refractivity contribution < 1.29 is 19.1 Å². The van der Waals surface area contributed by atoms with E-state index in [1.165, 1.54) is 12.1 Å². The topological polar surface area (TPSA) is 70.4 Å². The molecule has 0 amide bonds. The molecule has 2 aliphatic rings. The van der Waals surface area contributed by atoms with Crippen LogP contribution in [0, 0.1) is 12.7 Å². The number of oxime groups is 1. The van der Waals surface area contributed by atoms with Gasteiger partial charge in [-0.25, -0.2) is 9.37 Å². The summed E-state index contributed by atoms with van der Waals surface area (Å²) in [5, 5.41) is 15.8. The minimum atomic E-state index is -0.563. The third-order valence-electron chi connectivity index (χ3n) is 6.58. The second-order valence-corrected chi connectivity index (χ2v) is 10.6. The molecule has 9 heteroatoms. The maximum Gasteiger partial charge on any atom is 0.145 e. The van der Waals surface area contributed by atoms with E-state index in [0.29, 0.717) is 12.6 Å². The van der Waals surface area contributed by atoms with Crippen molar-refractivity contribution in [1.82, 2.24) is 14.8 Å². The molecule has 0 unspecified atom stereocenters. The van der Waals surface area contributed by atoms with Gasteiger partial charge in [0.2, 0.25) is 0 Å². The van der Waals surface area contributed by atoms with E-state index in [9.17, 15) is 9.50 Å². The summed E-state index contributed by atoms with van der Waals surface area (Å²) in [6, 6.07) is 12.6. The summed E-state index contributed by atoms with van der Waals surface area (Å²) in [6.07, 6.45) is 0.161. The molecule has 3 heterocycles. The number of rotatable bonds is 8. The molecule has 35 heavy (non-hydrogen) atoms. The van der Waals surface area contributed by atoms with Gasteiger partial charge in [0.15, 0.2) is 0 Å². The molecule has 1 saturated heterocycles. The van der Waals surface area contributed by atoms with Crippen molar-refractivity contribution in [3.63, 3.8) is 0 Å². The van der Waals surface area contributed by atoms with Crippen LogP contribution in [-0.4, -0.2) is 83.2 Å². The van der Waals surface area contributed by atoms with Gasteiger partial charge in [-0.05, 0) is 43.7 Å². The smallest absolute Gasteiger partial charge is 0.145 e. The zero-order valence-electron chi connectivity index (χ0n) is 20.1. The third kappa shape index (κ3) is 5.98. The van der Waals surface area contributed by atoms with Crippen LogP contribution in [0.15, 0.2) is 47.6 Å². The number of aryl methyl sites for hydroxylation is 1. The molecule has 3 atom stereocenters. The van der Waals surface area contributed by atoms with Crippen LogP contribution >= 0.6 is 11.3 Å². The number of aromatic nitrogens is 1. The Bertz CT molecular complexity index is 1190. The number of nitrogens with zero attached hydrogens (tertiary/aromatic N) is 4. The van der Waals surface area contributed by atoms with Gasteiger partial charge in [0.05, 0.1) is 20.9 Å². The van der Waals surface area contributed by atoms with E-state index < -0.39 is 6.10 Å². The number of β-amino-alcohol motifs (C(OH)–C–C–N with tert-alkyl or cyclic N) is 1. The largest absolute Gasteiger partial charge is 0.491 e. The molecule has 1 N–H and O–H groups in total. The van der Waals surface area contributed by atoms with Crippen molar-refractivity contribution in [2.75, 3.05) is 39.3 Å². The molecule has 7 nitrogen and oxygen atoms in total. The molecule has 0 spiro atoms. The van der Waals surface area contributed by atoms with Crippen LogP contribution in [-0.2, 0) is 4.84 Å². The first kappa shape index (κ1) is 24.1. The van der Waals surface area contributed by atoms with Gasteiger partial charge in [-0.2, -0.15) is 0 Å². The van der Waals surface area contributed by atoms with Crippen LogP contribution in [0.2, 0.25) is 0 Å². The Morgan fingerprint density at radius 1 is 1.23 bits per heavy atom. The van der Waals surface area contributed by atoms with E-state index in [2.05, 4.69) is 26.9 Å². The molecule has 0 saturated carbocycles. The fourth-order valence-electron chi connectivity index (χ4n) is 4.76. The van der Waals surface area contributed by atoms with Gasteiger partial charge in [0, 0.05) is 51.3 Å². The summed E-state index contributed by atoms with van der Waals surface area (Å²) in [7, 11) is 0. The van der Waals surface area contributed by atoms with Crippen molar-refractivity contribution >= 4 is 27.3 Å². The Kier molecular flexibility index (Phi) is 7.29. The van der Waals surface area contributed by atoms with Crippen molar-refractivity contribution in [2.45, 2.75) is 38.5 Å². The number of thiazole rings is 1. The van der Waals surface area contributed by atoms with E-state index in [1.54, 1.807) is 23.5 Å². The normalized spacial score (nSPS) is 22.2. The Morgan fingerprint density at radius 2 is 2.06 bits per heavy atom. The Morgan fingerprint density at radius 3 is 2.86 bits per heavy atom. The molecule has 0 aliphatic carbocycles. The summed E-state index contributed by atoms with van der Waals surface area (Å²) < 4.78 is 20.2. The molecule has 0 radical (unpaired) electrons. The molecule has 1 fully saturated rings. The number of benzene rings is 2. The lowest BCUT2D eigenvalue weighted by atomic mass is 10.0. The van der Waals surface area contributed by atoms with Gasteiger partial charge in [-0.1, -0.05) is 17.3 Å². The number of hydrogen-bond acceptors (Lipinski definition) is 8. The first-order chi connectivity index (χ1) is 16.9. The first-order valence-electron chi connectivity index (χ1n) is 12.1. The zero-order chi connectivity index (χ0) is 24.4. The number of aliphatic hydroxyl groups is 1. The average molecular weight is 499 g/mol. The molecule has 2 aliphatic heterocycles. The fourth-order valence-corrected chi connectivity index (χ4v) is 5.57. The van der Waals surface area contributed by atoms with Crippen LogP contribution in [0.4, 0.5) is 4.39 Å². The van der Waals surface area contributed by atoms with Crippen LogP contribution in [0.25, 0.3) is 10.2 Å². The number of piperazine rings is 1. The van der Waals surface area contributed by atoms with Crippen molar-refractivity contribution in [3.05, 3.63) is 58.9 Å². The maximum absolute atomic E-state index is 13.2. The monoisotopic (exact) mass is 498 g/mol. The highest BCUT2D eigenvalue weighted by atomic mass is 32.1. The van der Waals surface area contributed by atoms with Crippen LogP contribution in [0.1, 0.15) is 23.9 Å². The molecule has 5 rings (SSSR count). The van der Waals surface area contributed by atoms with Crippen molar-refractivity contribution in [2.24, 2.45) is 5.16 Å². The van der Waals surface area contributed by atoms with Gasteiger partial charge in [-0.15, -0.1) is 11.3 Å². The molecule has 1 aromatic heterocycles. The Balaban J connectivity index is 1.05. The lowest BCUT2D eigenvalue weighted by Crippen LogP contribution is -2.55. The lowest BCUT2D eigenvalue weighted by Gasteiger charge is -2.41. The summed E-state index contributed by atoms with van der Waals surface area (Å²) in [5.74, 6) is 0.485. The number of ether oxygens (including phenoxy) is 1. The fraction of sp³-hybridized carbons (Fsp3) is 0.462. The standard InChI is InChI=1S/C26H31FN4O3S/c1-17-13-30(14-21(32)16-33-22-7-8-26-25(11-22)28-18(2)35-26)9-10-31(17)15-23-12-24(29-34-23)19-3-5-20(27)6-4-19/h3-8,11,17,21,23,32H,9-10,12-16H2,1-2H3/t17-,21+,23+/m0/s1. The van der Waals surface area contributed by atoms with Crippen molar-refractivity contribution in [3.8, 4) is 5.75 Å². The highest BCUT2D eigenvalue weighted by molar-refractivity contribution is 7.18. The zero-order valence-corrected chi connectivity index (χ0v) is 20.9. The predicted octanol–water partition coefficient (Wildman–Crippen LogP) is 3.68. The molecular weight excluding hydrogens is 467 g/mol. The second-order valence-electron chi connectivity index (χ2n) is 9.41. The third-order valence-corrected chi connectivity index (χ3v) is 7.53. The summed E-state index contributed by atoms with van der Waals surface area (Å²) in [5.41, 5.74) is 2.71. The highest BCUT2D eigenvalue weighted by Gasteiger charge is 2.30. The predicted molar refractivity (Wildman–Crippen MR) is 136 cm³/mol. The van der Waals surface area contributed by atoms with Gasteiger partial charge >= 0.3 is 0 Å². The van der Waals surface area contributed by atoms with Crippen LogP contribution < -0.4 is 4.74 Å². The first-order valence-corrected chi connectivity index (χ1v) is 12.9. The van der Waals surface area contributed by atoms with Gasteiger partial charge in [0.1, 0.15) is 30.4 Å². The number of fused-ring (bicyclic) bond motifs is 1. The van der Waals surface area contributed by atoms with Crippen molar-refractivity contribution in [1.29, 1.82) is 0 Å². The van der Waals surface area contributed by atoms with Crippen LogP contribution in [0.3, 0.4) is 0 Å². The highest BCUT2D eigenvalue weighted by Crippen LogP contribution is 2.26. The molecule has 2 aromatic carbocycles. The summed E-state index contributed by atoms with van der Waals surface area (Å²) in [6.45, 7) is 8.49. The van der Waals surface area contributed by atoms with E-state index in [-0.39, 0.29) is 18.5 Å². The van der Waals surface area contributed by atoms with Gasteiger partial charge < -0.3 is 14.7 Å². The van der Waals surface area contributed by atoms with Gasteiger partial charge in [-0.3, -0.25) is 9.80 Å². The molecule has 0 bridgehead atoms. The average Bonchev–Trinajstić information content (AvgIpc) is 3.45. The number of aliphatic hydroxyl groups excluding tert-OH is 1. The van der Waals surface area contributed by atoms with E-state index in [4.69, 9.17) is 9.57 Å². The Hall–Kier alpha value is -2.59. The maximum atomic E-state index is 13.2. The minimum absolute atomic E-state index is 0.00175. The summed E-state index contributed by atoms with van der Waals surface area (Å²) >= 11 is 1.66. The SMILES string of the molecule is Cc1nc2cc(OC[C@H](O)CN3CCN(C[C@H]4CC(c5ccc(F)cc5)=NO4)[C@@H](C)C3)ccc2s1. The van der Waals surface area contributed by atoms with Gasteiger partial charge in [0.25, 0.3) is 0 Å². The second kappa shape index (κ2) is 10.6. The number of halogens is 1. The van der Waals surface area contributed by atoms with Crippen LogP contribution in [0.5, 0.6) is 5.75 Å². The van der Waals surface area contributed by atoms with E-state index in [1.807, 2.05) is 25.1 Å². The van der Waals surface area contributed by atoms with E-state index in [0.717, 1.165) is 64.8 Å². The molecule has 3 aromatic rings. The quantitative estimate of drug-likeness (QED) is 0.511.